The Bertz CT molecular complexity index is 350. The third kappa shape index (κ3) is 6.86. The van der Waals surface area contributed by atoms with Crippen molar-refractivity contribution in [3.63, 3.8) is 0 Å². The Labute approximate surface area is 135 Å². The van der Waals surface area contributed by atoms with Crippen LogP contribution in [0, 0.1) is 5.92 Å². The van der Waals surface area contributed by atoms with E-state index < -0.39 is 0 Å². The molecule has 2 rings (SSSR count). The van der Waals surface area contributed by atoms with Crippen molar-refractivity contribution in [2.75, 3.05) is 44.4 Å². The molecule has 21 heavy (non-hydrogen) atoms. The summed E-state index contributed by atoms with van der Waals surface area (Å²) >= 11 is 1.35. The molecule has 2 fully saturated rings. The van der Waals surface area contributed by atoms with Crippen LogP contribution in [0.1, 0.15) is 12.8 Å². The summed E-state index contributed by atoms with van der Waals surface area (Å²) in [7, 11) is 0. The second-order valence-electron chi connectivity index (χ2n) is 5.29. The zero-order valence-electron chi connectivity index (χ0n) is 12.1. The highest BCUT2D eigenvalue weighted by atomic mass is 35.5. The summed E-state index contributed by atoms with van der Waals surface area (Å²) < 4.78 is 5.19. The van der Waals surface area contributed by atoms with Gasteiger partial charge in [0.1, 0.15) is 0 Å². The SMILES string of the molecule is Cl.NC(CNC(=O)CSCC(=O)N1CCOCC1)C1CC1. The highest BCUT2D eigenvalue weighted by Crippen LogP contribution is 2.31. The van der Waals surface area contributed by atoms with Crippen molar-refractivity contribution in [3.05, 3.63) is 0 Å². The van der Waals surface area contributed by atoms with E-state index in [9.17, 15) is 9.59 Å². The first-order valence-corrected chi connectivity index (χ1v) is 8.28. The number of nitrogens with zero attached hydrogens (tertiary/aromatic N) is 1. The highest BCUT2D eigenvalue weighted by Gasteiger charge is 2.28. The number of nitrogens with one attached hydrogen (secondary N) is 1. The number of nitrogens with two attached hydrogens (primary N) is 1. The van der Waals surface area contributed by atoms with Crippen LogP contribution >= 0.6 is 24.2 Å². The molecule has 3 N–H and O–H groups in total. The molecule has 8 heteroatoms. The number of carbonyl (C=O) groups is 2. The Morgan fingerprint density at radius 3 is 2.57 bits per heavy atom. The number of morpholine rings is 1. The average molecular weight is 338 g/mol. The summed E-state index contributed by atoms with van der Waals surface area (Å²) in [5.74, 6) is 1.29. The van der Waals surface area contributed by atoms with Crippen molar-refractivity contribution in [2.24, 2.45) is 11.7 Å². The monoisotopic (exact) mass is 337 g/mol. The molecular formula is C13H24ClN3O3S. The minimum absolute atomic E-state index is 0. The van der Waals surface area contributed by atoms with Crippen molar-refractivity contribution in [1.29, 1.82) is 0 Å². The molecule has 1 atom stereocenters. The largest absolute Gasteiger partial charge is 0.378 e. The van der Waals surface area contributed by atoms with Gasteiger partial charge in [-0.2, -0.15) is 0 Å². The quantitative estimate of drug-likeness (QED) is 0.675. The van der Waals surface area contributed by atoms with Gasteiger partial charge in [0.15, 0.2) is 0 Å². The topological polar surface area (TPSA) is 84.7 Å². The van der Waals surface area contributed by atoms with Gasteiger partial charge < -0.3 is 20.7 Å². The lowest BCUT2D eigenvalue weighted by atomic mass is 10.2. The van der Waals surface area contributed by atoms with Crippen molar-refractivity contribution in [2.45, 2.75) is 18.9 Å². The number of ether oxygens (including phenoxy) is 1. The van der Waals surface area contributed by atoms with Gasteiger partial charge in [0.05, 0.1) is 24.7 Å². The van der Waals surface area contributed by atoms with Crippen LogP contribution in [0.25, 0.3) is 0 Å². The molecule has 1 saturated carbocycles. The maximum Gasteiger partial charge on any atom is 0.232 e. The lowest BCUT2D eigenvalue weighted by Crippen LogP contribution is -2.42. The predicted molar refractivity (Wildman–Crippen MR) is 85.7 cm³/mol. The van der Waals surface area contributed by atoms with Gasteiger partial charge in [0, 0.05) is 25.7 Å². The van der Waals surface area contributed by atoms with Gasteiger partial charge in [-0.1, -0.05) is 0 Å². The highest BCUT2D eigenvalue weighted by molar-refractivity contribution is 8.00. The lowest BCUT2D eigenvalue weighted by Gasteiger charge is -2.26. The molecular weight excluding hydrogens is 314 g/mol. The summed E-state index contributed by atoms with van der Waals surface area (Å²) in [6, 6.07) is 0.0823. The van der Waals surface area contributed by atoms with Crippen LogP contribution in [0.3, 0.4) is 0 Å². The van der Waals surface area contributed by atoms with Crippen molar-refractivity contribution in [3.8, 4) is 0 Å². The van der Waals surface area contributed by atoms with Crippen molar-refractivity contribution in [1.82, 2.24) is 10.2 Å². The molecule has 2 amide bonds. The Morgan fingerprint density at radius 1 is 1.29 bits per heavy atom. The number of hydrogen-bond acceptors (Lipinski definition) is 5. The summed E-state index contributed by atoms with van der Waals surface area (Å²) in [6.45, 7) is 3.07. The van der Waals surface area contributed by atoms with Crippen molar-refractivity contribution >= 4 is 36.0 Å². The number of rotatable bonds is 7. The van der Waals surface area contributed by atoms with Gasteiger partial charge in [0.2, 0.25) is 11.8 Å². The van der Waals surface area contributed by atoms with Gasteiger partial charge in [-0.15, -0.1) is 24.2 Å². The summed E-state index contributed by atoms with van der Waals surface area (Å²) in [5.41, 5.74) is 5.91. The van der Waals surface area contributed by atoms with E-state index in [1.165, 1.54) is 24.6 Å². The van der Waals surface area contributed by atoms with Gasteiger partial charge in [-0.05, 0) is 18.8 Å². The number of amides is 2. The van der Waals surface area contributed by atoms with E-state index in [1.807, 2.05) is 0 Å². The maximum atomic E-state index is 11.8. The van der Waals surface area contributed by atoms with Gasteiger partial charge >= 0.3 is 0 Å². The van der Waals surface area contributed by atoms with E-state index in [0.29, 0.717) is 50.3 Å². The molecule has 0 bridgehead atoms. The average Bonchev–Trinajstić information content (AvgIpc) is 3.30. The zero-order valence-corrected chi connectivity index (χ0v) is 13.7. The van der Waals surface area contributed by atoms with Crippen LogP contribution < -0.4 is 11.1 Å². The van der Waals surface area contributed by atoms with Crippen molar-refractivity contribution < 1.29 is 14.3 Å². The van der Waals surface area contributed by atoms with E-state index in [-0.39, 0.29) is 30.3 Å². The van der Waals surface area contributed by atoms with Gasteiger partial charge in [0.25, 0.3) is 0 Å². The number of thioether (sulfide) groups is 1. The van der Waals surface area contributed by atoms with Crippen LogP contribution in [-0.4, -0.2) is 67.1 Å². The predicted octanol–water partition coefficient (Wildman–Crippen LogP) is -0.146. The van der Waals surface area contributed by atoms with Crippen LogP contribution in [0.2, 0.25) is 0 Å². The Balaban J connectivity index is 0.00000220. The second kappa shape index (κ2) is 9.50. The zero-order chi connectivity index (χ0) is 14.4. The fourth-order valence-corrected chi connectivity index (χ4v) is 2.86. The van der Waals surface area contributed by atoms with E-state index in [0.717, 1.165) is 0 Å². The van der Waals surface area contributed by atoms with Crippen LogP contribution in [0.15, 0.2) is 0 Å². The molecule has 6 nitrogen and oxygen atoms in total. The first kappa shape index (κ1) is 18.5. The minimum atomic E-state index is -0.0409. The van der Waals surface area contributed by atoms with Gasteiger partial charge in [-0.25, -0.2) is 0 Å². The first-order valence-electron chi connectivity index (χ1n) is 7.12. The van der Waals surface area contributed by atoms with Crippen LogP contribution in [-0.2, 0) is 14.3 Å². The molecule has 0 aromatic rings. The molecule has 0 aromatic carbocycles. The molecule has 0 aromatic heterocycles. The molecule has 0 radical (unpaired) electrons. The number of hydrogen-bond donors (Lipinski definition) is 2. The first-order chi connectivity index (χ1) is 9.66. The molecule has 1 unspecified atom stereocenters. The van der Waals surface area contributed by atoms with Gasteiger partial charge in [-0.3, -0.25) is 9.59 Å². The molecule has 2 aliphatic rings. The number of carbonyl (C=O) groups excluding carboxylic acids is 2. The smallest absolute Gasteiger partial charge is 0.232 e. The Hall–Kier alpha value is -0.500. The summed E-state index contributed by atoms with van der Waals surface area (Å²) in [5, 5.41) is 2.83. The summed E-state index contributed by atoms with van der Waals surface area (Å²) in [4.78, 5) is 25.2. The second-order valence-corrected chi connectivity index (χ2v) is 6.28. The van der Waals surface area contributed by atoms with Crippen LogP contribution in [0.4, 0.5) is 0 Å². The molecule has 0 spiro atoms. The van der Waals surface area contributed by atoms with E-state index in [4.69, 9.17) is 10.5 Å². The van der Waals surface area contributed by atoms with E-state index in [2.05, 4.69) is 5.32 Å². The number of halogens is 1. The lowest BCUT2D eigenvalue weighted by molar-refractivity contribution is -0.132. The summed E-state index contributed by atoms with van der Waals surface area (Å²) in [6.07, 6.45) is 2.36. The van der Waals surface area contributed by atoms with E-state index >= 15 is 0 Å². The Morgan fingerprint density at radius 2 is 1.95 bits per heavy atom. The molecule has 1 heterocycles. The van der Waals surface area contributed by atoms with E-state index in [1.54, 1.807) is 4.90 Å². The Kier molecular flexibility index (Phi) is 8.39. The molecule has 1 saturated heterocycles. The third-order valence-electron chi connectivity index (χ3n) is 3.58. The van der Waals surface area contributed by atoms with Crippen LogP contribution in [0.5, 0.6) is 0 Å². The molecule has 1 aliphatic carbocycles. The standard InChI is InChI=1S/C13H23N3O3S.ClH/c14-11(10-1-2-10)7-15-12(17)8-20-9-13(18)16-3-5-19-6-4-16;/h10-11H,1-9,14H2,(H,15,17);1H. The maximum absolute atomic E-state index is 11.8. The molecule has 1 aliphatic heterocycles. The minimum Gasteiger partial charge on any atom is -0.378 e. The third-order valence-corrected chi connectivity index (χ3v) is 4.50. The normalized spacial score (nSPS) is 19.6. The fourth-order valence-electron chi connectivity index (χ4n) is 2.11. The fraction of sp³-hybridized carbons (Fsp3) is 0.846. The molecule has 122 valence electrons.